The molecule has 0 aromatic heterocycles. The Hall–Kier alpha value is -1.28. The molecule has 3 heteroatoms. The first kappa shape index (κ1) is 10.8. The van der Waals surface area contributed by atoms with Gasteiger partial charge in [0.1, 0.15) is 0 Å². The van der Waals surface area contributed by atoms with E-state index in [0.29, 0.717) is 5.03 Å². The van der Waals surface area contributed by atoms with Crippen molar-refractivity contribution in [1.82, 2.24) is 0 Å². The van der Waals surface area contributed by atoms with Crippen molar-refractivity contribution in [2.24, 2.45) is 11.3 Å². The molecule has 2 aliphatic carbocycles. The quantitative estimate of drug-likeness (QED) is 0.828. The molecule has 1 spiro atoms. The maximum Gasteiger partial charge on any atom is 0.308 e. The van der Waals surface area contributed by atoms with Crippen LogP contribution in [0.1, 0.15) is 25.0 Å². The highest BCUT2D eigenvalue weighted by atomic mass is 35.5. The molecule has 0 aliphatic heterocycles. The average Bonchev–Trinajstić information content (AvgIpc) is 2.58. The lowest BCUT2D eigenvalue weighted by Crippen LogP contribution is -2.11. The summed E-state index contributed by atoms with van der Waals surface area (Å²) in [5, 5.41) is 10.0. The molecule has 3 rings (SSSR count). The molecule has 88 valence electrons. The van der Waals surface area contributed by atoms with Gasteiger partial charge in [0.25, 0.3) is 0 Å². The smallest absolute Gasteiger partial charge is 0.308 e. The van der Waals surface area contributed by atoms with E-state index in [9.17, 15) is 9.90 Å². The largest absolute Gasteiger partial charge is 0.481 e. The zero-order chi connectivity index (χ0) is 12.4. The first-order valence-electron chi connectivity index (χ1n) is 5.64. The van der Waals surface area contributed by atoms with Crippen LogP contribution in [0.4, 0.5) is 0 Å². The molecule has 1 saturated carbocycles. The fourth-order valence-corrected chi connectivity index (χ4v) is 3.82. The van der Waals surface area contributed by atoms with E-state index in [2.05, 4.69) is 0 Å². The summed E-state index contributed by atoms with van der Waals surface area (Å²) in [6, 6.07) is 7.82. The first-order valence-corrected chi connectivity index (χ1v) is 6.02. The van der Waals surface area contributed by atoms with Crippen LogP contribution in [0.5, 0.6) is 0 Å². The maximum atomic E-state index is 11.4. The summed E-state index contributed by atoms with van der Waals surface area (Å²) in [5.41, 5.74) is 1.35. The highest BCUT2D eigenvalue weighted by Crippen LogP contribution is 2.73. The van der Waals surface area contributed by atoms with E-state index in [-0.39, 0.29) is 11.3 Å². The van der Waals surface area contributed by atoms with Gasteiger partial charge in [0.2, 0.25) is 0 Å². The molecule has 2 atom stereocenters. The molecule has 1 N–H and O–H groups in total. The van der Waals surface area contributed by atoms with Gasteiger partial charge >= 0.3 is 5.97 Å². The lowest BCUT2D eigenvalue weighted by Gasteiger charge is -2.12. The molecule has 17 heavy (non-hydrogen) atoms. The van der Waals surface area contributed by atoms with Crippen molar-refractivity contribution >= 4 is 22.6 Å². The number of carboxylic acids is 1. The topological polar surface area (TPSA) is 37.3 Å². The van der Waals surface area contributed by atoms with E-state index in [1.165, 1.54) is 0 Å². The van der Waals surface area contributed by atoms with E-state index in [0.717, 1.165) is 11.1 Å². The van der Waals surface area contributed by atoms with Crippen molar-refractivity contribution in [2.75, 3.05) is 0 Å². The minimum absolute atomic E-state index is 0.272. The lowest BCUT2D eigenvalue weighted by atomic mass is 9.90. The van der Waals surface area contributed by atoms with Crippen molar-refractivity contribution in [3.05, 3.63) is 41.5 Å². The van der Waals surface area contributed by atoms with E-state index >= 15 is 0 Å². The molecule has 0 saturated heterocycles. The van der Waals surface area contributed by atoms with Crippen LogP contribution in [-0.2, 0) is 10.2 Å². The van der Waals surface area contributed by atoms with Gasteiger partial charge in [-0.2, -0.15) is 0 Å². The second-order valence-electron chi connectivity index (χ2n) is 5.40. The molecule has 2 aliphatic rings. The van der Waals surface area contributed by atoms with Gasteiger partial charge in [-0.1, -0.05) is 55.8 Å². The zero-order valence-electron chi connectivity index (χ0n) is 9.70. The molecule has 0 radical (unpaired) electrons. The first-order chi connectivity index (χ1) is 7.93. The maximum absolute atomic E-state index is 11.4. The predicted octanol–water partition coefficient (Wildman–Crippen LogP) is 3.26. The SMILES string of the molecule is CC1(C)C(C(=O)O)C12C=C(Cl)c1ccccc12. The normalized spacial score (nSPS) is 32.2. The number of benzene rings is 1. The second kappa shape index (κ2) is 2.94. The minimum atomic E-state index is -0.743. The van der Waals surface area contributed by atoms with Gasteiger partial charge in [0.05, 0.1) is 5.92 Å². The lowest BCUT2D eigenvalue weighted by molar-refractivity contribution is -0.139. The van der Waals surface area contributed by atoms with Crippen molar-refractivity contribution in [2.45, 2.75) is 19.3 Å². The number of carboxylic acid groups (broad SMARTS) is 1. The average molecular weight is 249 g/mol. The van der Waals surface area contributed by atoms with Gasteiger partial charge in [-0.05, 0) is 16.5 Å². The number of allylic oxidation sites excluding steroid dienone is 1. The van der Waals surface area contributed by atoms with Crippen LogP contribution in [-0.4, -0.2) is 11.1 Å². The highest BCUT2D eigenvalue weighted by molar-refractivity contribution is 6.49. The molecule has 1 aromatic rings. The summed E-state index contributed by atoms with van der Waals surface area (Å²) < 4.78 is 0. The Morgan fingerprint density at radius 1 is 1.35 bits per heavy atom. The van der Waals surface area contributed by atoms with Crippen LogP contribution >= 0.6 is 11.6 Å². The van der Waals surface area contributed by atoms with Gasteiger partial charge in [-0.15, -0.1) is 0 Å². The monoisotopic (exact) mass is 248 g/mol. The Labute approximate surface area is 105 Å². The Kier molecular flexibility index (Phi) is 1.87. The van der Waals surface area contributed by atoms with Crippen LogP contribution in [0.2, 0.25) is 0 Å². The van der Waals surface area contributed by atoms with Gasteiger partial charge in [0.15, 0.2) is 0 Å². The summed E-state index contributed by atoms with van der Waals surface area (Å²) >= 11 is 6.23. The number of carbonyl (C=O) groups is 1. The third-order valence-electron chi connectivity index (χ3n) is 4.39. The third-order valence-corrected chi connectivity index (χ3v) is 4.70. The molecule has 0 amide bonds. The van der Waals surface area contributed by atoms with Crippen molar-refractivity contribution < 1.29 is 9.90 Å². The van der Waals surface area contributed by atoms with Gasteiger partial charge in [-0.3, -0.25) is 4.79 Å². The standard InChI is InChI=1S/C14H13ClO2/c1-13(2)11(12(16)17)14(13)7-10(15)8-5-3-4-6-9(8)14/h3-7,11H,1-2H3,(H,16,17). The molecule has 2 nitrogen and oxygen atoms in total. The number of fused-ring (bicyclic) bond motifs is 2. The molecule has 2 unspecified atom stereocenters. The highest BCUT2D eigenvalue weighted by Gasteiger charge is 2.75. The Morgan fingerprint density at radius 2 is 2.00 bits per heavy atom. The Bertz CT molecular complexity index is 559. The molecule has 0 heterocycles. The van der Waals surface area contributed by atoms with Crippen molar-refractivity contribution in [3.8, 4) is 0 Å². The fourth-order valence-electron chi connectivity index (χ4n) is 3.48. The van der Waals surface area contributed by atoms with Crippen LogP contribution in [0.15, 0.2) is 30.3 Å². The van der Waals surface area contributed by atoms with E-state index in [1.54, 1.807) is 0 Å². The minimum Gasteiger partial charge on any atom is -0.481 e. The summed E-state index contributed by atoms with van der Waals surface area (Å²) in [6.45, 7) is 3.99. The van der Waals surface area contributed by atoms with Crippen LogP contribution in [0, 0.1) is 11.3 Å². The van der Waals surface area contributed by atoms with Crippen LogP contribution in [0.3, 0.4) is 0 Å². The van der Waals surface area contributed by atoms with Gasteiger partial charge in [0, 0.05) is 10.4 Å². The van der Waals surface area contributed by atoms with Crippen molar-refractivity contribution in [1.29, 1.82) is 0 Å². The fraction of sp³-hybridized carbons (Fsp3) is 0.357. The zero-order valence-corrected chi connectivity index (χ0v) is 10.5. The third kappa shape index (κ3) is 1.05. The van der Waals surface area contributed by atoms with Crippen molar-refractivity contribution in [3.63, 3.8) is 0 Å². The summed E-state index contributed by atoms with van der Waals surface area (Å²) in [7, 11) is 0. The van der Waals surface area contributed by atoms with Crippen LogP contribution in [0.25, 0.3) is 5.03 Å². The van der Waals surface area contributed by atoms with E-state index in [1.807, 2.05) is 44.2 Å². The Balaban J connectivity index is 2.23. The molecule has 0 bridgehead atoms. The molecular weight excluding hydrogens is 236 g/mol. The summed E-state index contributed by atoms with van der Waals surface area (Å²) in [5.74, 6) is -1.13. The van der Waals surface area contributed by atoms with E-state index in [4.69, 9.17) is 11.6 Å². The molecule has 1 fully saturated rings. The van der Waals surface area contributed by atoms with E-state index < -0.39 is 11.4 Å². The Morgan fingerprint density at radius 3 is 2.59 bits per heavy atom. The number of hydrogen-bond donors (Lipinski definition) is 1. The predicted molar refractivity (Wildman–Crippen MR) is 66.9 cm³/mol. The van der Waals surface area contributed by atoms with Gasteiger partial charge in [-0.25, -0.2) is 0 Å². The summed E-state index contributed by atoms with van der Waals surface area (Å²) in [4.78, 5) is 11.4. The molecule has 1 aromatic carbocycles. The number of halogens is 1. The number of hydrogen-bond acceptors (Lipinski definition) is 1. The number of aliphatic carboxylic acids is 1. The summed E-state index contributed by atoms with van der Waals surface area (Å²) in [6.07, 6.45) is 1.93. The van der Waals surface area contributed by atoms with Gasteiger partial charge < -0.3 is 5.11 Å². The number of rotatable bonds is 1. The second-order valence-corrected chi connectivity index (χ2v) is 5.81. The molecular formula is C14H13ClO2. The van der Waals surface area contributed by atoms with Crippen LogP contribution < -0.4 is 0 Å².